The summed E-state index contributed by atoms with van der Waals surface area (Å²) in [5, 5.41) is 2.80. The highest BCUT2D eigenvalue weighted by molar-refractivity contribution is 7.89. The minimum atomic E-state index is -3.43. The predicted octanol–water partition coefficient (Wildman–Crippen LogP) is 3.17. The zero-order valence-electron chi connectivity index (χ0n) is 17.0. The van der Waals surface area contributed by atoms with Gasteiger partial charge in [0, 0.05) is 19.6 Å². The number of hydrogen-bond donors (Lipinski definition) is 1. The summed E-state index contributed by atoms with van der Waals surface area (Å²) in [7, 11) is -3.43. The van der Waals surface area contributed by atoms with Crippen molar-refractivity contribution in [2.24, 2.45) is 0 Å². The highest BCUT2D eigenvalue weighted by atomic mass is 32.2. The molecule has 3 rings (SSSR count). The van der Waals surface area contributed by atoms with Crippen molar-refractivity contribution in [2.45, 2.75) is 44.6 Å². The summed E-state index contributed by atoms with van der Waals surface area (Å²) in [4.78, 5) is 12.4. The fourth-order valence-electron chi connectivity index (χ4n) is 3.29. The van der Waals surface area contributed by atoms with Crippen molar-refractivity contribution in [3.05, 3.63) is 59.2 Å². The van der Waals surface area contributed by atoms with Gasteiger partial charge >= 0.3 is 0 Å². The summed E-state index contributed by atoms with van der Waals surface area (Å²) in [6.45, 7) is 5.33. The van der Waals surface area contributed by atoms with Crippen LogP contribution in [0, 0.1) is 13.8 Å². The third kappa shape index (κ3) is 5.58. The van der Waals surface area contributed by atoms with Crippen LogP contribution in [0.2, 0.25) is 0 Å². The number of carbonyl (C=O) groups excluding carboxylic acids is 1. The summed E-state index contributed by atoms with van der Waals surface area (Å²) in [5.74, 6) is 0.475. The molecule has 1 heterocycles. The lowest BCUT2D eigenvalue weighted by Crippen LogP contribution is -2.35. The molecule has 1 fully saturated rings. The van der Waals surface area contributed by atoms with Crippen LogP contribution < -0.4 is 10.1 Å². The second-order valence-electron chi connectivity index (χ2n) is 7.44. The van der Waals surface area contributed by atoms with Crippen LogP contribution in [0.5, 0.6) is 5.75 Å². The van der Waals surface area contributed by atoms with E-state index in [1.165, 1.54) is 0 Å². The molecule has 1 saturated heterocycles. The van der Waals surface area contributed by atoms with Crippen molar-refractivity contribution < 1.29 is 17.9 Å². The maximum Gasteiger partial charge on any atom is 0.258 e. The Morgan fingerprint density at radius 3 is 2.41 bits per heavy atom. The molecule has 0 aliphatic carbocycles. The Balaban J connectivity index is 1.52. The van der Waals surface area contributed by atoms with Gasteiger partial charge in [-0.1, -0.05) is 30.7 Å². The number of nitrogens with zero attached hydrogens (tertiary/aromatic N) is 1. The van der Waals surface area contributed by atoms with Crippen LogP contribution in [0.4, 0.5) is 0 Å². The smallest absolute Gasteiger partial charge is 0.258 e. The van der Waals surface area contributed by atoms with Gasteiger partial charge in [0.2, 0.25) is 10.0 Å². The molecule has 0 radical (unpaired) electrons. The molecule has 156 valence electrons. The summed E-state index contributed by atoms with van der Waals surface area (Å²) in [6.07, 6.45) is 2.90. The van der Waals surface area contributed by atoms with Crippen molar-refractivity contribution in [1.29, 1.82) is 0 Å². The highest BCUT2D eigenvalue weighted by Gasteiger charge is 2.25. The van der Waals surface area contributed by atoms with E-state index in [2.05, 4.69) is 5.32 Å². The van der Waals surface area contributed by atoms with Gasteiger partial charge in [0.25, 0.3) is 5.91 Å². The van der Waals surface area contributed by atoms with E-state index in [0.29, 0.717) is 30.3 Å². The Bertz CT molecular complexity index is 949. The lowest BCUT2D eigenvalue weighted by atomic mass is 10.1. The van der Waals surface area contributed by atoms with Gasteiger partial charge in [0.1, 0.15) is 5.75 Å². The number of ether oxygens (including phenoxy) is 1. The molecule has 1 amide bonds. The Morgan fingerprint density at radius 1 is 1.03 bits per heavy atom. The van der Waals surface area contributed by atoms with Gasteiger partial charge in [-0.2, -0.15) is 4.31 Å². The second kappa shape index (κ2) is 9.41. The molecule has 1 aliphatic heterocycles. The van der Waals surface area contributed by atoms with Crippen LogP contribution in [-0.4, -0.2) is 38.3 Å². The van der Waals surface area contributed by atoms with E-state index in [0.717, 1.165) is 36.0 Å². The number of sulfonamides is 1. The van der Waals surface area contributed by atoms with Crippen molar-refractivity contribution in [1.82, 2.24) is 9.62 Å². The number of hydrogen-bond acceptors (Lipinski definition) is 4. The van der Waals surface area contributed by atoms with Gasteiger partial charge in [-0.05, 0) is 61.6 Å². The minimum absolute atomic E-state index is 0.0638. The zero-order valence-corrected chi connectivity index (χ0v) is 17.8. The summed E-state index contributed by atoms with van der Waals surface area (Å²) in [5.41, 5.74) is 2.89. The van der Waals surface area contributed by atoms with E-state index >= 15 is 0 Å². The van der Waals surface area contributed by atoms with Crippen molar-refractivity contribution in [3.63, 3.8) is 0 Å². The largest absolute Gasteiger partial charge is 0.483 e. The van der Waals surface area contributed by atoms with Crippen LogP contribution in [0.3, 0.4) is 0 Å². The van der Waals surface area contributed by atoms with Crippen LogP contribution in [-0.2, 0) is 21.4 Å². The predicted molar refractivity (Wildman–Crippen MR) is 112 cm³/mol. The second-order valence-corrected chi connectivity index (χ2v) is 9.38. The SMILES string of the molecule is Cc1ccc(C)c(OCC(=O)NCc2ccc(S(=O)(=O)N3CCCCC3)cc2)c1. The number of benzene rings is 2. The number of nitrogens with one attached hydrogen (secondary N) is 1. The van der Waals surface area contributed by atoms with E-state index in [-0.39, 0.29) is 12.5 Å². The van der Waals surface area contributed by atoms with Crippen LogP contribution in [0.15, 0.2) is 47.4 Å². The molecule has 6 nitrogen and oxygen atoms in total. The quantitative estimate of drug-likeness (QED) is 0.752. The van der Waals surface area contributed by atoms with Crippen LogP contribution >= 0.6 is 0 Å². The first-order valence-electron chi connectivity index (χ1n) is 9.92. The number of piperidine rings is 1. The average molecular weight is 417 g/mol. The molecule has 1 N–H and O–H groups in total. The Kier molecular flexibility index (Phi) is 6.92. The lowest BCUT2D eigenvalue weighted by Gasteiger charge is -2.25. The van der Waals surface area contributed by atoms with Crippen molar-refractivity contribution >= 4 is 15.9 Å². The molecule has 2 aromatic carbocycles. The van der Waals surface area contributed by atoms with E-state index in [1.807, 2.05) is 32.0 Å². The molecule has 1 aliphatic rings. The molecule has 0 bridgehead atoms. The van der Waals surface area contributed by atoms with Gasteiger partial charge in [-0.15, -0.1) is 0 Å². The molecule has 7 heteroatoms. The van der Waals surface area contributed by atoms with E-state index in [1.54, 1.807) is 28.6 Å². The van der Waals surface area contributed by atoms with Gasteiger partial charge in [-0.25, -0.2) is 8.42 Å². The number of rotatable bonds is 7. The van der Waals surface area contributed by atoms with Crippen molar-refractivity contribution in [2.75, 3.05) is 19.7 Å². The fraction of sp³-hybridized carbons (Fsp3) is 0.409. The van der Waals surface area contributed by atoms with E-state index in [9.17, 15) is 13.2 Å². The fourth-order valence-corrected chi connectivity index (χ4v) is 4.81. The molecule has 0 aromatic heterocycles. The van der Waals surface area contributed by atoms with Gasteiger partial charge in [0.15, 0.2) is 6.61 Å². The third-order valence-corrected chi connectivity index (χ3v) is 6.98. The Labute approximate surface area is 172 Å². The third-order valence-electron chi connectivity index (χ3n) is 5.07. The first-order chi connectivity index (χ1) is 13.9. The van der Waals surface area contributed by atoms with Gasteiger partial charge < -0.3 is 10.1 Å². The molecular formula is C22H28N2O4S. The maximum atomic E-state index is 12.7. The Morgan fingerprint density at radius 2 is 1.72 bits per heavy atom. The molecule has 0 spiro atoms. The minimum Gasteiger partial charge on any atom is -0.483 e. The standard InChI is InChI=1S/C22H28N2O4S/c1-17-6-7-18(2)21(14-17)28-16-22(25)23-15-19-8-10-20(11-9-19)29(26,27)24-12-4-3-5-13-24/h6-11,14H,3-5,12-13,15-16H2,1-2H3,(H,23,25). The molecule has 29 heavy (non-hydrogen) atoms. The molecule has 0 unspecified atom stereocenters. The molecule has 0 saturated carbocycles. The zero-order chi connectivity index (χ0) is 20.9. The summed E-state index contributed by atoms with van der Waals surface area (Å²) < 4.78 is 32.5. The molecule has 0 atom stereocenters. The maximum absolute atomic E-state index is 12.7. The lowest BCUT2D eigenvalue weighted by molar-refractivity contribution is -0.123. The summed E-state index contributed by atoms with van der Waals surface area (Å²) >= 11 is 0. The first kappa shape index (κ1) is 21.3. The van der Waals surface area contributed by atoms with Crippen molar-refractivity contribution in [3.8, 4) is 5.75 Å². The van der Waals surface area contributed by atoms with Crippen LogP contribution in [0.25, 0.3) is 0 Å². The number of aryl methyl sites for hydroxylation is 2. The van der Waals surface area contributed by atoms with Gasteiger partial charge in [0.05, 0.1) is 4.90 Å². The number of amides is 1. The topological polar surface area (TPSA) is 75.7 Å². The summed E-state index contributed by atoms with van der Waals surface area (Å²) in [6, 6.07) is 12.6. The molecular weight excluding hydrogens is 388 g/mol. The normalized spacial score (nSPS) is 15.1. The monoisotopic (exact) mass is 416 g/mol. The van der Waals surface area contributed by atoms with Crippen LogP contribution in [0.1, 0.15) is 36.0 Å². The first-order valence-corrected chi connectivity index (χ1v) is 11.4. The Hall–Kier alpha value is -2.38. The van der Waals surface area contributed by atoms with Gasteiger partial charge in [-0.3, -0.25) is 4.79 Å². The number of carbonyl (C=O) groups is 1. The van der Waals surface area contributed by atoms with E-state index < -0.39 is 10.0 Å². The highest BCUT2D eigenvalue weighted by Crippen LogP contribution is 2.21. The average Bonchev–Trinajstić information content (AvgIpc) is 2.74. The van der Waals surface area contributed by atoms with E-state index in [4.69, 9.17) is 4.74 Å². The molecule has 2 aromatic rings.